The lowest BCUT2D eigenvalue weighted by molar-refractivity contribution is 0.301. The molecule has 2 rings (SSSR count). The fourth-order valence-corrected chi connectivity index (χ4v) is 2.00. The van der Waals surface area contributed by atoms with Crippen molar-refractivity contribution in [1.82, 2.24) is 4.98 Å². The fraction of sp³-hybridized carbons (Fsp3) is 0.267. The van der Waals surface area contributed by atoms with Gasteiger partial charge in [0, 0.05) is 11.8 Å². The normalized spacial score (nSPS) is 10.4. The first-order valence-corrected chi connectivity index (χ1v) is 6.26. The lowest BCUT2D eigenvalue weighted by atomic mass is 10.1. The van der Waals surface area contributed by atoms with Crippen molar-refractivity contribution in [3.05, 3.63) is 57.9 Å². The van der Waals surface area contributed by atoms with Crippen molar-refractivity contribution in [2.24, 2.45) is 0 Å². The fourth-order valence-electron chi connectivity index (χ4n) is 1.82. The third-order valence-electron chi connectivity index (χ3n) is 3.08. The number of ether oxygens (including phenoxy) is 1. The van der Waals surface area contributed by atoms with Crippen molar-refractivity contribution in [2.75, 3.05) is 0 Å². The molecule has 0 bridgehead atoms. The van der Waals surface area contributed by atoms with Crippen molar-refractivity contribution in [1.29, 1.82) is 0 Å². The Balaban J connectivity index is 2.21. The zero-order chi connectivity index (χ0) is 13.1. The summed E-state index contributed by atoms with van der Waals surface area (Å²) in [6.07, 6.45) is 1.68. The summed E-state index contributed by atoms with van der Waals surface area (Å²) in [5.41, 5.74) is 4.44. The van der Waals surface area contributed by atoms with Gasteiger partial charge in [0.1, 0.15) is 17.5 Å². The summed E-state index contributed by atoms with van der Waals surface area (Å²) in [6, 6.07) is 7.97. The molecule has 2 nitrogen and oxygen atoms in total. The van der Waals surface area contributed by atoms with Crippen molar-refractivity contribution >= 4 is 11.6 Å². The van der Waals surface area contributed by atoms with Crippen LogP contribution in [0.4, 0.5) is 0 Å². The number of hydrogen-bond acceptors (Lipinski definition) is 2. The molecule has 0 atom stereocenters. The average Bonchev–Trinajstić information content (AvgIpc) is 2.36. The number of hydrogen-bond donors (Lipinski definition) is 0. The van der Waals surface area contributed by atoms with Gasteiger partial charge in [0.25, 0.3) is 0 Å². The molecular formula is C15H16ClNO. The van der Waals surface area contributed by atoms with E-state index in [1.165, 1.54) is 11.1 Å². The summed E-state index contributed by atoms with van der Waals surface area (Å²) in [7, 11) is 0. The second-order valence-corrected chi connectivity index (χ2v) is 4.75. The van der Waals surface area contributed by atoms with Gasteiger partial charge in [-0.15, -0.1) is 0 Å². The predicted molar refractivity (Wildman–Crippen MR) is 74.2 cm³/mol. The monoisotopic (exact) mass is 261 g/mol. The second kappa shape index (κ2) is 5.40. The Hall–Kier alpha value is -1.54. The van der Waals surface area contributed by atoms with Crippen LogP contribution in [0, 0.1) is 20.8 Å². The van der Waals surface area contributed by atoms with E-state index in [1.807, 2.05) is 19.1 Å². The molecule has 1 heterocycles. The van der Waals surface area contributed by atoms with Crippen LogP contribution < -0.4 is 4.74 Å². The molecule has 94 valence electrons. The number of aromatic nitrogens is 1. The maximum Gasteiger partial charge on any atom is 0.135 e. The van der Waals surface area contributed by atoms with Crippen LogP contribution in [0.1, 0.15) is 22.3 Å². The van der Waals surface area contributed by atoms with E-state index >= 15 is 0 Å². The number of aryl methyl sites for hydroxylation is 2. The third-order valence-corrected chi connectivity index (χ3v) is 3.42. The summed E-state index contributed by atoms with van der Waals surface area (Å²) >= 11 is 6.01. The van der Waals surface area contributed by atoms with Crippen LogP contribution in [0.3, 0.4) is 0 Å². The van der Waals surface area contributed by atoms with Crippen LogP contribution >= 0.6 is 11.6 Å². The average molecular weight is 262 g/mol. The van der Waals surface area contributed by atoms with Crippen LogP contribution in [0.25, 0.3) is 0 Å². The maximum absolute atomic E-state index is 6.01. The lowest BCUT2D eigenvalue weighted by Gasteiger charge is -2.14. The first-order valence-electron chi connectivity index (χ1n) is 5.88. The van der Waals surface area contributed by atoms with E-state index in [9.17, 15) is 0 Å². The molecule has 0 aliphatic carbocycles. The van der Waals surface area contributed by atoms with E-state index in [0.717, 1.165) is 16.9 Å². The zero-order valence-electron chi connectivity index (χ0n) is 10.8. The Kier molecular flexibility index (Phi) is 3.87. The summed E-state index contributed by atoms with van der Waals surface area (Å²) < 4.78 is 5.89. The molecule has 0 saturated heterocycles. The number of nitrogens with zero attached hydrogens (tertiary/aromatic N) is 1. The summed E-state index contributed by atoms with van der Waals surface area (Å²) in [4.78, 5) is 4.04. The minimum Gasteiger partial charge on any atom is -0.488 e. The standard InChI is InChI=1S/C15H16ClNO/c1-10-6-7-11(2)14(12(10)3)18-9-13-5-4-8-17-15(13)16/h4-8H,9H2,1-3H3. The molecule has 3 heteroatoms. The topological polar surface area (TPSA) is 22.1 Å². The molecule has 2 aromatic rings. The summed E-state index contributed by atoms with van der Waals surface area (Å²) in [5.74, 6) is 0.940. The molecule has 0 unspecified atom stereocenters. The van der Waals surface area contributed by atoms with Gasteiger partial charge in [-0.1, -0.05) is 29.8 Å². The Morgan fingerprint density at radius 3 is 2.56 bits per heavy atom. The van der Waals surface area contributed by atoms with Gasteiger partial charge in [-0.25, -0.2) is 4.98 Å². The highest BCUT2D eigenvalue weighted by molar-refractivity contribution is 6.30. The van der Waals surface area contributed by atoms with Gasteiger partial charge in [-0.3, -0.25) is 0 Å². The van der Waals surface area contributed by atoms with Crippen molar-refractivity contribution < 1.29 is 4.74 Å². The molecule has 0 saturated carbocycles. The summed E-state index contributed by atoms with van der Waals surface area (Å²) in [5, 5.41) is 0.500. The smallest absolute Gasteiger partial charge is 0.135 e. The minimum absolute atomic E-state index is 0.442. The highest BCUT2D eigenvalue weighted by Crippen LogP contribution is 2.27. The van der Waals surface area contributed by atoms with Crippen molar-refractivity contribution in [2.45, 2.75) is 27.4 Å². The Bertz CT molecular complexity index is 566. The first kappa shape index (κ1) is 12.9. The molecule has 1 aromatic carbocycles. The van der Waals surface area contributed by atoms with Gasteiger partial charge in [-0.05, 0) is 43.5 Å². The largest absolute Gasteiger partial charge is 0.488 e. The zero-order valence-corrected chi connectivity index (χ0v) is 11.6. The van der Waals surface area contributed by atoms with Gasteiger partial charge in [0.15, 0.2) is 0 Å². The second-order valence-electron chi connectivity index (χ2n) is 4.40. The molecule has 1 aromatic heterocycles. The molecule has 0 radical (unpaired) electrons. The van der Waals surface area contributed by atoms with Gasteiger partial charge in [-0.2, -0.15) is 0 Å². The van der Waals surface area contributed by atoms with E-state index < -0.39 is 0 Å². The highest BCUT2D eigenvalue weighted by atomic mass is 35.5. The van der Waals surface area contributed by atoms with E-state index in [0.29, 0.717) is 11.8 Å². The lowest BCUT2D eigenvalue weighted by Crippen LogP contribution is -2.01. The van der Waals surface area contributed by atoms with E-state index in [2.05, 4.69) is 31.0 Å². The highest BCUT2D eigenvalue weighted by Gasteiger charge is 2.08. The van der Waals surface area contributed by atoms with Crippen LogP contribution in [0.15, 0.2) is 30.5 Å². The number of benzene rings is 1. The number of rotatable bonds is 3. The van der Waals surface area contributed by atoms with E-state index in [4.69, 9.17) is 16.3 Å². The molecule has 0 fully saturated rings. The summed E-state index contributed by atoms with van der Waals surface area (Å²) in [6.45, 7) is 6.64. The quantitative estimate of drug-likeness (QED) is 0.771. The SMILES string of the molecule is Cc1ccc(C)c(OCc2cccnc2Cl)c1C. The molecular weight excluding hydrogens is 246 g/mol. The molecule has 0 aliphatic rings. The minimum atomic E-state index is 0.442. The number of halogens is 1. The molecule has 0 amide bonds. The van der Waals surface area contributed by atoms with Crippen LogP contribution in [-0.2, 0) is 6.61 Å². The maximum atomic E-state index is 6.01. The third kappa shape index (κ3) is 2.65. The molecule has 18 heavy (non-hydrogen) atoms. The van der Waals surface area contributed by atoms with Crippen molar-refractivity contribution in [3.8, 4) is 5.75 Å². The van der Waals surface area contributed by atoms with Gasteiger partial charge in [0.2, 0.25) is 0 Å². The van der Waals surface area contributed by atoms with Crippen LogP contribution in [0.5, 0.6) is 5.75 Å². The predicted octanol–water partition coefficient (Wildman–Crippen LogP) is 4.24. The van der Waals surface area contributed by atoms with Crippen LogP contribution in [0.2, 0.25) is 5.15 Å². The first-order chi connectivity index (χ1) is 8.59. The van der Waals surface area contributed by atoms with Gasteiger partial charge < -0.3 is 4.74 Å². The van der Waals surface area contributed by atoms with Gasteiger partial charge >= 0.3 is 0 Å². The Morgan fingerprint density at radius 1 is 1.11 bits per heavy atom. The van der Waals surface area contributed by atoms with Crippen LogP contribution in [-0.4, -0.2) is 4.98 Å². The van der Waals surface area contributed by atoms with Crippen molar-refractivity contribution in [3.63, 3.8) is 0 Å². The molecule has 0 N–H and O–H groups in total. The number of pyridine rings is 1. The Labute approximate surface area is 113 Å². The molecule has 0 spiro atoms. The Morgan fingerprint density at radius 2 is 1.83 bits per heavy atom. The van der Waals surface area contributed by atoms with E-state index in [1.54, 1.807) is 6.20 Å². The van der Waals surface area contributed by atoms with E-state index in [-0.39, 0.29) is 0 Å². The van der Waals surface area contributed by atoms with Gasteiger partial charge in [0.05, 0.1) is 0 Å². The molecule has 0 aliphatic heterocycles.